The highest BCUT2D eigenvalue weighted by Gasteiger charge is 2.31. The van der Waals surface area contributed by atoms with E-state index in [0.29, 0.717) is 6.07 Å². The molecule has 0 unspecified atom stereocenters. The summed E-state index contributed by atoms with van der Waals surface area (Å²) in [6.07, 6.45) is -4.59. The summed E-state index contributed by atoms with van der Waals surface area (Å²) in [5.41, 5.74) is -1.26. The van der Waals surface area contributed by atoms with Crippen LogP contribution in [-0.2, 0) is 16.2 Å². The summed E-state index contributed by atoms with van der Waals surface area (Å²) in [5, 5.41) is 3.76. The lowest BCUT2D eigenvalue weighted by molar-refractivity contribution is -0.137. The molecule has 0 aliphatic heterocycles. The first-order chi connectivity index (χ1) is 14.0. The average molecular weight is 495 g/mol. The van der Waals surface area contributed by atoms with E-state index in [-0.39, 0.29) is 31.2 Å². The largest absolute Gasteiger partial charge is 0.416 e. The molecular weight excluding hydrogens is 484 g/mol. The van der Waals surface area contributed by atoms with Crippen LogP contribution >= 0.6 is 34.5 Å². The molecule has 12 heteroatoms. The standard InChI is InChI=1S/C18H11Cl2F3N2O3S2/c19-11-4-6-14(25-30(27,28)16-2-1-7-29-16)12(9-11)17(26)24-15-5-3-10(8-13(15)20)18(21,22)23/h1-9,25H,(H,24,26). The first-order valence-electron chi connectivity index (χ1n) is 8.01. The van der Waals surface area contributed by atoms with Crippen LogP contribution in [0, 0.1) is 0 Å². The van der Waals surface area contributed by atoms with E-state index >= 15 is 0 Å². The highest BCUT2D eigenvalue weighted by atomic mass is 35.5. The van der Waals surface area contributed by atoms with Gasteiger partial charge in [-0.1, -0.05) is 29.3 Å². The summed E-state index contributed by atoms with van der Waals surface area (Å²) in [5.74, 6) is -0.817. The van der Waals surface area contributed by atoms with Crippen LogP contribution in [0.5, 0.6) is 0 Å². The number of sulfonamides is 1. The molecule has 3 aromatic rings. The number of halogens is 5. The highest BCUT2D eigenvalue weighted by molar-refractivity contribution is 7.94. The lowest BCUT2D eigenvalue weighted by Gasteiger charge is -2.14. The summed E-state index contributed by atoms with van der Waals surface area (Å²) < 4.78 is 65.6. The quantitative estimate of drug-likeness (QED) is 0.448. The van der Waals surface area contributed by atoms with Gasteiger partial charge < -0.3 is 5.32 Å². The molecule has 0 saturated carbocycles. The van der Waals surface area contributed by atoms with Crippen molar-refractivity contribution >= 4 is 61.8 Å². The molecule has 158 valence electrons. The van der Waals surface area contributed by atoms with Crippen molar-refractivity contribution in [2.75, 3.05) is 10.0 Å². The van der Waals surface area contributed by atoms with E-state index in [1.807, 2.05) is 0 Å². The molecule has 2 aromatic carbocycles. The number of nitrogens with one attached hydrogen (secondary N) is 2. The summed E-state index contributed by atoms with van der Waals surface area (Å²) in [6.45, 7) is 0. The fourth-order valence-corrected chi connectivity index (χ4v) is 4.86. The molecule has 0 fully saturated rings. The number of benzene rings is 2. The molecular formula is C18H11Cl2F3N2O3S2. The fraction of sp³-hybridized carbons (Fsp3) is 0.0556. The number of carbonyl (C=O) groups excluding carboxylic acids is 1. The van der Waals surface area contributed by atoms with Gasteiger partial charge in [0.1, 0.15) is 4.21 Å². The Balaban J connectivity index is 1.91. The number of alkyl halides is 3. The van der Waals surface area contributed by atoms with Gasteiger partial charge >= 0.3 is 6.18 Å². The van der Waals surface area contributed by atoms with Crippen molar-refractivity contribution in [1.29, 1.82) is 0 Å². The van der Waals surface area contributed by atoms with Crippen molar-refractivity contribution < 1.29 is 26.4 Å². The second-order valence-electron chi connectivity index (χ2n) is 5.87. The van der Waals surface area contributed by atoms with Crippen molar-refractivity contribution in [2.24, 2.45) is 0 Å². The molecule has 0 aliphatic carbocycles. The van der Waals surface area contributed by atoms with Crippen molar-refractivity contribution in [1.82, 2.24) is 0 Å². The minimum absolute atomic E-state index is 0.0367. The molecule has 1 amide bonds. The zero-order valence-electron chi connectivity index (χ0n) is 14.6. The van der Waals surface area contributed by atoms with E-state index in [2.05, 4.69) is 10.0 Å². The van der Waals surface area contributed by atoms with Gasteiger partial charge in [0.05, 0.1) is 27.5 Å². The molecule has 1 heterocycles. The Hall–Kier alpha value is -2.27. The maximum absolute atomic E-state index is 12.8. The Morgan fingerprint density at radius 2 is 1.70 bits per heavy atom. The predicted octanol–water partition coefficient (Wildman–Crippen LogP) is 6.13. The number of rotatable bonds is 5. The Morgan fingerprint density at radius 1 is 1.00 bits per heavy atom. The SMILES string of the molecule is O=C(Nc1ccc(C(F)(F)F)cc1Cl)c1cc(Cl)ccc1NS(=O)(=O)c1cccs1. The fourth-order valence-electron chi connectivity index (χ4n) is 2.39. The Morgan fingerprint density at radius 3 is 2.30 bits per heavy atom. The number of amides is 1. The van der Waals surface area contributed by atoms with E-state index in [9.17, 15) is 26.4 Å². The monoisotopic (exact) mass is 494 g/mol. The Kier molecular flexibility index (Phi) is 6.32. The minimum atomic E-state index is -4.59. The summed E-state index contributed by atoms with van der Waals surface area (Å²) in [4.78, 5) is 12.7. The van der Waals surface area contributed by atoms with E-state index in [1.165, 1.54) is 24.3 Å². The van der Waals surface area contributed by atoms with E-state index in [4.69, 9.17) is 23.2 Å². The topological polar surface area (TPSA) is 75.3 Å². The number of thiophene rings is 1. The van der Waals surface area contributed by atoms with Gasteiger partial charge in [-0.2, -0.15) is 13.2 Å². The highest BCUT2D eigenvalue weighted by Crippen LogP contribution is 2.34. The third kappa shape index (κ3) is 5.07. The van der Waals surface area contributed by atoms with E-state index in [1.54, 1.807) is 11.4 Å². The van der Waals surface area contributed by atoms with Crippen LogP contribution in [-0.4, -0.2) is 14.3 Å². The first-order valence-corrected chi connectivity index (χ1v) is 11.1. The average Bonchev–Trinajstić information content (AvgIpc) is 3.19. The molecule has 1 aromatic heterocycles. The molecule has 30 heavy (non-hydrogen) atoms. The van der Waals surface area contributed by atoms with Crippen LogP contribution in [0.25, 0.3) is 0 Å². The third-order valence-electron chi connectivity index (χ3n) is 3.78. The normalized spacial score (nSPS) is 11.9. The molecule has 0 radical (unpaired) electrons. The van der Waals surface area contributed by atoms with Gasteiger partial charge in [-0.25, -0.2) is 8.42 Å². The zero-order valence-corrected chi connectivity index (χ0v) is 17.8. The lowest BCUT2D eigenvalue weighted by atomic mass is 10.1. The molecule has 3 rings (SSSR count). The van der Waals surface area contributed by atoms with Crippen LogP contribution in [0.1, 0.15) is 15.9 Å². The maximum Gasteiger partial charge on any atom is 0.416 e. The van der Waals surface area contributed by atoms with Gasteiger partial charge in [0.2, 0.25) is 0 Å². The zero-order chi connectivity index (χ0) is 22.1. The van der Waals surface area contributed by atoms with Gasteiger partial charge in [-0.3, -0.25) is 9.52 Å². The molecule has 0 aliphatic rings. The van der Waals surface area contributed by atoms with Gasteiger partial charge in [0.15, 0.2) is 0 Å². The van der Waals surface area contributed by atoms with Crippen molar-refractivity contribution in [3.8, 4) is 0 Å². The summed E-state index contributed by atoms with van der Waals surface area (Å²) >= 11 is 12.8. The van der Waals surface area contributed by atoms with Crippen LogP contribution in [0.3, 0.4) is 0 Å². The van der Waals surface area contributed by atoms with Crippen LogP contribution < -0.4 is 10.0 Å². The molecule has 2 N–H and O–H groups in total. The van der Waals surface area contributed by atoms with E-state index < -0.39 is 27.7 Å². The van der Waals surface area contributed by atoms with E-state index in [0.717, 1.165) is 23.5 Å². The smallest absolute Gasteiger partial charge is 0.321 e. The number of hydrogen-bond donors (Lipinski definition) is 2. The predicted molar refractivity (Wildman–Crippen MR) is 111 cm³/mol. The van der Waals surface area contributed by atoms with Gasteiger partial charge in [0, 0.05) is 5.02 Å². The minimum Gasteiger partial charge on any atom is -0.321 e. The van der Waals surface area contributed by atoms with Crippen LogP contribution in [0.2, 0.25) is 10.0 Å². The van der Waals surface area contributed by atoms with Crippen molar-refractivity contribution in [3.05, 3.63) is 75.1 Å². The number of anilines is 2. The third-order valence-corrected chi connectivity index (χ3v) is 7.09. The Bertz CT molecular complexity index is 1200. The van der Waals surface area contributed by atoms with Crippen molar-refractivity contribution in [2.45, 2.75) is 10.4 Å². The van der Waals surface area contributed by atoms with Gasteiger partial charge in [0.25, 0.3) is 15.9 Å². The van der Waals surface area contributed by atoms with Crippen LogP contribution in [0.15, 0.2) is 58.1 Å². The number of carbonyl (C=O) groups is 1. The molecule has 5 nitrogen and oxygen atoms in total. The summed E-state index contributed by atoms with van der Waals surface area (Å²) in [6, 6.07) is 9.30. The second kappa shape index (κ2) is 8.46. The second-order valence-corrected chi connectivity index (χ2v) is 9.57. The number of hydrogen-bond acceptors (Lipinski definition) is 4. The Labute approximate surface area is 183 Å². The van der Waals surface area contributed by atoms with Crippen LogP contribution in [0.4, 0.5) is 24.5 Å². The first kappa shape index (κ1) is 22.4. The molecule has 0 bridgehead atoms. The molecule has 0 spiro atoms. The summed E-state index contributed by atoms with van der Waals surface area (Å²) in [7, 11) is -3.95. The maximum atomic E-state index is 12.8. The van der Waals surface area contributed by atoms with Gasteiger partial charge in [-0.05, 0) is 47.8 Å². The molecule has 0 saturated heterocycles. The van der Waals surface area contributed by atoms with Gasteiger partial charge in [-0.15, -0.1) is 11.3 Å². The molecule has 0 atom stereocenters. The van der Waals surface area contributed by atoms with Crippen molar-refractivity contribution in [3.63, 3.8) is 0 Å². The lowest BCUT2D eigenvalue weighted by Crippen LogP contribution is -2.18.